The van der Waals surface area contributed by atoms with Crippen molar-refractivity contribution in [3.05, 3.63) is 87.0 Å². The van der Waals surface area contributed by atoms with Gasteiger partial charge in [0.05, 0.1) is 12.1 Å². The molecule has 1 aliphatic heterocycles. The number of nitrogens with one attached hydrogen (secondary N) is 2. The fourth-order valence-corrected chi connectivity index (χ4v) is 4.51. The minimum Gasteiger partial charge on any atom is -0.496 e. The number of Topliss-reactive ketones (excluding diaryl/α,β-unsaturated/α-hetero) is 1. The number of pyridine rings is 1. The molecule has 186 valence electrons. The molecule has 2 heterocycles. The Balaban J connectivity index is 1.55. The fraction of sp³-hybridized carbons (Fsp3) is 0.259. The van der Waals surface area contributed by atoms with Crippen LogP contribution in [0.2, 0.25) is 10.0 Å². The lowest BCUT2D eigenvalue weighted by Crippen LogP contribution is -2.35. The first-order valence-electron chi connectivity index (χ1n) is 11.6. The van der Waals surface area contributed by atoms with E-state index in [-0.39, 0.29) is 17.8 Å². The minimum absolute atomic E-state index is 0.0694. The van der Waals surface area contributed by atoms with Gasteiger partial charge in [0.15, 0.2) is 5.78 Å². The number of halogens is 2. The lowest BCUT2D eigenvalue weighted by Gasteiger charge is -2.29. The van der Waals surface area contributed by atoms with Gasteiger partial charge in [0, 0.05) is 53.0 Å². The number of carbonyl (C=O) groups is 2. The number of methoxy groups -OCH3 is 1. The number of amidine groups is 1. The molecule has 2 N–H and O–H groups in total. The Labute approximate surface area is 219 Å². The maximum Gasteiger partial charge on any atom is 0.257 e. The van der Waals surface area contributed by atoms with Gasteiger partial charge in [-0.3, -0.25) is 15.0 Å². The first kappa shape index (κ1) is 25.7. The molecule has 0 spiro atoms. The number of amides is 1. The van der Waals surface area contributed by atoms with Crippen LogP contribution < -0.4 is 10.1 Å². The summed E-state index contributed by atoms with van der Waals surface area (Å²) in [5.74, 6) is 0.466. The number of benzene rings is 2. The summed E-state index contributed by atoms with van der Waals surface area (Å²) in [6, 6.07) is 13.3. The summed E-state index contributed by atoms with van der Waals surface area (Å²) in [6.45, 7) is 1.76. The van der Waals surface area contributed by atoms with Crippen LogP contribution in [-0.2, 0) is 6.42 Å². The fourth-order valence-electron chi connectivity index (χ4n) is 4.19. The summed E-state index contributed by atoms with van der Waals surface area (Å²) in [7, 11) is 1.46. The maximum atomic E-state index is 13.2. The van der Waals surface area contributed by atoms with E-state index in [0.29, 0.717) is 38.6 Å². The number of hydrogen-bond donors (Lipinski definition) is 2. The zero-order chi connectivity index (χ0) is 25.7. The van der Waals surface area contributed by atoms with Crippen LogP contribution in [0.3, 0.4) is 0 Å². The highest BCUT2D eigenvalue weighted by Crippen LogP contribution is 2.30. The molecule has 0 unspecified atom stereocenters. The number of rotatable bonds is 7. The van der Waals surface area contributed by atoms with E-state index in [4.69, 9.17) is 33.3 Å². The molecule has 7 nitrogen and oxygen atoms in total. The van der Waals surface area contributed by atoms with Crippen LogP contribution >= 0.6 is 23.2 Å². The molecule has 0 bridgehead atoms. The first-order chi connectivity index (χ1) is 17.4. The van der Waals surface area contributed by atoms with Gasteiger partial charge < -0.3 is 15.0 Å². The maximum absolute atomic E-state index is 13.2. The smallest absolute Gasteiger partial charge is 0.257 e. The minimum atomic E-state index is -0.473. The highest BCUT2D eigenvalue weighted by molar-refractivity contribution is 6.31. The molecule has 1 aromatic heterocycles. The number of nitrogens with zero attached hydrogens (tertiary/aromatic N) is 2. The van der Waals surface area contributed by atoms with Crippen molar-refractivity contribution in [2.75, 3.05) is 25.5 Å². The number of ether oxygens (including phenoxy) is 1. The van der Waals surface area contributed by atoms with Crippen molar-refractivity contribution in [3.63, 3.8) is 0 Å². The van der Waals surface area contributed by atoms with E-state index < -0.39 is 5.91 Å². The predicted octanol–water partition coefficient (Wildman–Crippen LogP) is 5.89. The van der Waals surface area contributed by atoms with Gasteiger partial charge in [0.2, 0.25) is 0 Å². The van der Waals surface area contributed by atoms with E-state index in [9.17, 15) is 9.59 Å². The number of aromatic nitrogens is 1. The lowest BCUT2D eigenvalue weighted by atomic mass is 9.96. The van der Waals surface area contributed by atoms with Gasteiger partial charge in [-0.2, -0.15) is 0 Å². The van der Waals surface area contributed by atoms with Crippen molar-refractivity contribution >= 4 is 46.5 Å². The quantitative estimate of drug-likeness (QED) is 0.228. The second-order valence-electron chi connectivity index (χ2n) is 8.52. The van der Waals surface area contributed by atoms with Crippen LogP contribution in [-0.4, -0.2) is 47.6 Å². The summed E-state index contributed by atoms with van der Waals surface area (Å²) >= 11 is 12.1. The Bertz CT molecular complexity index is 1270. The summed E-state index contributed by atoms with van der Waals surface area (Å²) in [4.78, 5) is 32.5. The molecule has 0 aliphatic carbocycles. The predicted molar refractivity (Wildman–Crippen MR) is 142 cm³/mol. The van der Waals surface area contributed by atoms with Crippen LogP contribution in [0.4, 0.5) is 5.82 Å². The van der Waals surface area contributed by atoms with Gasteiger partial charge in [0.1, 0.15) is 17.4 Å². The van der Waals surface area contributed by atoms with E-state index in [1.54, 1.807) is 42.5 Å². The third-order valence-corrected chi connectivity index (χ3v) is 6.54. The zero-order valence-corrected chi connectivity index (χ0v) is 21.3. The molecule has 1 saturated heterocycles. The van der Waals surface area contributed by atoms with Gasteiger partial charge in [-0.05, 0) is 43.5 Å². The van der Waals surface area contributed by atoms with Crippen molar-refractivity contribution in [2.24, 2.45) is 0 Å². The number of carbonyl (C=O) groups excluding carboxylic acids is 2. The van der Waals surface area contributed by atoms with Gasteiger partial charge in [0.25, 0.3) is 5.91 Å². The van der Waals surface area contributed by atoms with Crippen molar-refractivity contribution in [2.45, 2.75) is 25.7 Å². The van der Waals surface area contributed by atoms with Gasteiger partial charge in [-0.1, -0.05) is 47.5 Å². The molecule has 4 rings (SSSR count). The molecule has 9 heteroatoms. The van der Waals surface area contributed by atoms with Gasteiger partial charge in [-0.15, -0.1) is 0 Å². The van der Waals surface area contributed by atoms with Crippen molar-refractivity contribution < 1.29 is 14.3 Å². The Morgan fingerprint density at radius 1 is 1.00 bits per heavy atom. The Morgan fingerprint density at radius 3 is 2.33 bits per heavy atom. The summed E-state index contributed by atoms with van der Waals surface area (Å²) in [6.07, 6.45) is 4.73. The van der Waals surface area contributed by atoms with Crippen LogP contribution in [0.1, 0.15) is 51.1 Å². The number of hydrogen-bond acceptors (Lipinski definition) is 5. The molecule has 0 atom stereocenters. The normalized spacial score (nSPS) is 13.2. The van der Waals surface area contributed by atoms with Crippen LogP contribution in [0.5, 0.6) is 5.75 Å². The molecular weight excluding hydrogens is 499 g/mol. The van der Waals surface area contributed by atoms with Crippen molar-refractivity contribution in [1.29, 1.82) is 5.41 Å². The third-order valence-electron chi connectivity index (χ3n) is 6.10. The summed E-state index contributed by atoms with van der Waals surface area (Å²) < 4.78 is 5.45. The van der Waals surface area contributed by atoms with Crippen LogP contribution in [0.25, 0.3) is 0 Å². The second-order valence-corrected chi connectivity index (χ2v) is 9.40. The summed E-state index contributed by atoms with van der Waals surface area (Å²) in [5, 5.41) is 11.9. The average molecular weight is 525 g/mol. The highest BCUT2D eigenvalue weighted by Gasteiger charge is 2.22. The van der Waals surface area contributed by atoms with E-state index in [1.165, 1.54) is 25.8 Å². The van der Waals surface area contributed by atoms with E-state index >= 15 is 0 Å². The van der Waals surface area contributed by atoms with Gasteiger partial charge in [-0.25, -0.2) is 4.98 Å². The van der Waals surface area contributed by atoms with Crippen LogP contribution in [0, 0.1) is 5.41 Å². The molecule has 2 aromatic carbocycles. The first-order valence-corrected chi connectivity index (χ1v) is 12.4. The number of piperidine rings is 1. The molecule has 0 radical (unpaired) electrons. The topological polar surface area (TPSA) is 95.4 Å². The molecule has 1 aliphatic rings. The van der Waals surface area contributed by atoms with E-state index in [0.717, 1.165) is 31.5 Å². The largest absolute Gasteiger partial charge is 0.496 e. The summed E-state index contributed by atoms with van der Waals surface area (Å²) in [5.41, 5.74) is 1.89. The zero-order valence-electron chi connectivity index (χ0n) is 19.8. The molecule has 0 saturated carbocycles. The van der Waals surface area contributed by atoms with Crippen LogP contribution in [0.15, 0.2) is 54.7 Å². The average Bonchev–Trinajstić information content (AvgIpc) is 2.90. The molecule has 1 fully saturated rings. The van der Waals surface area contributed by atoms with Gasteiger partial charge >= 0.3 is 0 Å². The number of likely N-dealkylation sites (tertiary alicyclic amines) is 1. The standard InChI is InChI=1S/C27H26Cl2N4O3/c1-36-24-14-20(29)13-22(27(35)32-25-10-9-19(28)16-31-25)21(24)15-23(34)17-5-7-18(8-6-17)26(30)33-11-3-2-4-12-33/h5-10,13-14,16,30H,2-4,11-12,15H2,1H3,(H,31,32,35). The molecule has 36 heavy (non-hydrogen) atoms. The van der Waals surface area contributed by atoms with Crippen molar-refractivity contribution in [3.8, 4) is 5.75 Å². The molecule has 1 amide bonds. The molecular formula is C27H26Cl2N4O3. The number of ketones is 1. The van der Waals surface area contributed by atoms with Crippen molar-refractivity contribution in [1.82, 2.24) is 9.88 Å². The Kier molecular flexibility index (Phi) is 8.23. The third kappa shape index (κ3) is 6.04. The Morgan fingerprint density at radius 2 is 1.69 bits per heavy atom. The molecule has 3 aromatic rings. The Hall–Kier alpha value is -3.42. The van der Waals surface area contributed by atoms with E-state index in [2.05, 4.69) is 15.2 Å². The second kappa shape index (κ2) is 11.5. The number of anilines is 1. The monoisotopic (exact) mass is 524 g/mol. The highest BCUT2D eigenvalue weighted by atomic mass is 35.5. The lowest BCUT2D eigenvalue weighted by molar-refractivity contribution is 0.0991. The SMILES string of the molecule is COc1cc(Cl)cc(C(=O)Nc2ccc(Cl)cn2)c1CC(=O)c1ccc(C(=N)N2CCCCC2)cc1. The van der Waals surface area contributed by atoms with E-state index in [1.807, 2.05) is 0 Å².